The molecule has 1 aromatic carbocycles. The van der Waals surface area contributed by atoms with Gasteiger partial charge in [-0.05, 0) is 69.7 Å². The summed E-state index contributed by atoms with van der Waals surface area (Å²) in [5.41, 5.74) is 1.93. The smallest absolute Gasteiger partial charge is 0.226 e. The fourth-order valence-electron chi connectivity index (χ4n) is 3.99. The van der Waals surface area contributed by atoms with E-state index < -0.39 is 0 Å². The summed E-state index contributed by atoms with van der Waals surface area (Å²) in [5.74, 6) is 4.71. The van der Waals surface area contributed by atoms with Gasteiger partial charge in [0, 0.05) is 18.2 Å². The minimum atomic E-state index is 0.640. The predicted octanol–water partition coefficient (Wildman–Crippen LogP) is 4.29. The first-order valence-corrected chi connectivity index (χ1v) is 9.49. The lowest BCUT2D eigenvalue weighted by Crippen LogP contribution is -2.35. The van der Waals surface area contributed by atoms with E-state index in [1.165, 1.54) is 25.7 Å². The molecule has 0 unspecified atom stereocenters. The SMILES string of the molecule is COc1ccc(-c2nc(CN(C)C(C3CC3)C3CC3)c(C)o2)cc1OC. The van der Waals surface area contributed by atoms with Crippen LogP contribution in [0.5, 0.6) is 11.5 Å². The van der Waals surface area contributed by atoms with E-state index in [1.54, 1.807) is 14.2 Å². The van der Waals surface area contributed by atoms with Crippen molar-refractivity contribution in [3.05, 3.63) is 29.7 Å². The van der Waals surface area contributed by atoms with Crippen LogP contribution in [-0.4, -0.2) is 37.2 Å². The van der Waals surface area contributed by atoms with Crippen molar-refractivity contribution in [1.29, 1.82) is 0 Å². The van der Waals surface area contributed by atoms with Crippen LogP contribution in [0.25, 0.3) is 11.5 Å². The molecule has 140 valence electrons. The van der Waals surface area contributed by atoms with Crippen LogP contribution in [0.4, 0.5) is 0 Å². The highest BCUT2D eigenvalue weighted by Gasteiger charge is 2.43. The normalized spacial score (nSPS) is 17.2. The molecule has 1 aromatic heterocycles. The van der Waals surface area contributed by atoms with Crippen LogP contribution in [0.15, 0.2) is 22.6 Å². The molecule has 26 heavy (non-hydrogen) atoms. The van der Waals surface area contributed by atoms with Crippen molar-refractivity contribution in [3.8, 4) is 23.0 Å². The highest BCUT2D eigenvalue weighted by atomic mass is 16.5. The van der Waals surface area contributed by atoms with Gasteiger partial charge in [-0.15, -0.1) is 0 Å². The molecular formula is C21H28N2O3. The second-order valence-electron chi connectivity index (χ2n) is 7.67. The van der Waals surface area contributed by atoms with E-state index in [0.29, 0.717) is 17.4 Å². The lowest BCUT2D eigenvalue weighted by molar-refractivity contribution is 0.184. The Kier molecular flexibility index (Phi) is 4.65. The summed E-state index contributed by atoms with van der Waals surface area (Å²) in [6, 6.07) is 6.47. The Balaban J connectivity index is 1.53. The number of rotatable bonds is 8. The van der Waals surface area contributed by atoms with Crippen LogP contribution in [0.1, 0.15) is 37.1 Å². The first kappa shape index (κ1) is 17.4. The van der Waals surface area contributed by atoms with Crippen LogP contribution in [0.3, 0.4) is 0 Å². The van der Waals surface area contributed by atoms with E-state index in [0.717, 1.165) is 41.4 Å². The Morgan fingerprint density at radius 3 is 2.35 bits per heavy atom. The van der Waals surface area contributed by atoms with Crippen molar-refractivity contribution in [2.45, 2.75) is 45.2 Å². The summed E-state index contributed by atoms with van der Waals surface area (Å²) in [4.78, 5) is 7.29. The molecule has 2 aromatic rings. The molecule has 0 aliphatic heterocycles. The Hall–Kier alpha value is -2.01. The van der Waals surface area contributed by atoms with Crippen LogP contribution in [0.2, 0.25) is 0 Å². The third-order valence-corrected chi connectivity index (χ3v) is 5.64. The topological polar surface area (TPSA) is 47.7 Å². The first-order valence-electron chi connectivity index (χ1n) is 9.49. The molecule has 5 nitrogen and oxygen atoms in total. The molecule has 2 aliphatic carbocycles. The summed E-state index contributed by atoms with van der Waals surface area (Å²) in [5, 5.41) is 0. The van der Waals surface area contributed by atoms with Crippen molar-refractivity contribution < 1.29 is 13.9 Å². The number of aryl methyl sites for hydroxylation is 1. The average molecular weight is 356 g/mol. The number of nitrogens with zero attached hydrogens (tertiary/aromatic N) is 2. The molecule has 0 spiro atoms. The molecule has 2 fully saturated rings. The van der Waals surface area contributed by atoms with Gasteiger partial charge in [-0.25, -0.2) is 4.98 Å². The van der Waals surface area contributed by atoms with Gasteiger partial charge in [0.05, 0.1) is 19.9 Å². The van der Waals surface area contributed by atoms with Gasteiger partial charge in [-0.2, -0.15) is 0 Å². The quantitative estimate of drug-likeness (QED) is 0.706. The highest BCUT2D eigenvalue weighted by Crippen LogP contribution is 2.47. The van der Waals surface area contributed by atoms with Crippen LogP contribution < -0.4 is 9.47 Å². The lowest BCUT2D eigenvalue weighted by Gasteiger charge is -2.27. The van der Waals surface area contributed by atoms with Gasteiger partial charge in [-0.3, -0.25) is 4.90 Å². The monoisotopic (exact) mass is 356 g/mol. The van der Waals surface area contributed by atoms with E-state index in [9.17, 15) is 0 Å². The van der Waals surface area contributed by atoms with E-state index in [4.69, 9.17) is 18.9 Å². The number of benzene rings is 1. The summed E-state index contributed by atoms with van der Waals surface area (Å²) < 4.78 is 16.7. The first-order chi connectivity index (χ1) is 12.6. The zero-order valence-corrected chi connectivity index (χ0v) is 16.1. The Bertz CT molecular complexity index is 766. The fraction of sp³-hybridized carbons (Fsp3) is 0.571. The molecular weight excluding hydrogens is 328 g/mol. The number of methoxy groups -OCH3 is 2. The largest absolute Gasteiger partial charge is 0.493 e. The lowest BCUT2D eigenvalue weighted by atomic mass is 10.1. The van der Waals surface area contributed by atoms with Gasteiger partial charge in [0.15, 0.2) is 11.5 Å². The number of oxazole rings is 1. The van der Waals surface area contributed by atoms with Crippen LogP contribution >= 0.6 is 0 Å². The number of hydrogen-bond acceptors (Lipinski definition) is 5. The molecule has 2 aliphatic rings. The summed E-state index contributed by atoms with van der Waals surface area (Å²) in [6.07, 6.45) is 5.56. The van der Waals surface area contributed by atoms with Gasteiger partial charge in [-0.1, -0.05) is 0 Å². The summed E-state index contributed by atoms with van der Waals surface area (Å²) in [7, 11) is 5.52. The van der Waals surface area contributed by atoms with Crippen molar-refractivity contribution in [1.82, 2.24) is 9.88 Å². The van der Waals surface area contributed by atoms with Crippen molar-refractivity contribution in [2.75, 3.05) is 21.3 Å². The molecule has 0 radical (unpaired) electrons. The van der Waals surface area contributed by atoms with E-state index in [-0.39, 0.29) is 0 Å². The highest BCUT2D eigenvalue weighted by molar-refractivity contribution is 5.60. The maximum atomic E-state index is 5.97. The van der Waals surface area contributed by atoms with Crippen molar-refractivity contribution in [2.24, 2.45) is 11.8 Å². The second kappa shape index (κ2) is 6.95. The van der Waals surface area contributed by atoms with Crippen LogP contribution in [-0.2, 0) is 6.54 Å². The van der Waals surface area contributed by atoms with Crippen LogP contribution in [0, 0.1) is 18.8 Å². The zero-order chi connectivity index (χ0) is 18.3. The average Bonchev–Trinajstić information content (AvgIpc) is 3.56. The van der Waals surface area contributed by atoms with Gasteiger partial charge < -0.3 is 13.9 Å². The molecule has 0 amide bonds. The predicted molar refractivity (Wildman–Crippen MR) is 100 cm³/mol. The molecule has 0 bridgehead atoms. The van der Waals surface area contributed by atoms with Gasteiger partial charge >= 0.3 is 0 Å². The van der Waals surface area contributed by atoms with E-state index in [1.807, 2.05) is 25.1 Å². The molecule has 4 rings (SSSR count). The summed E-state index contributed by atoms with van der Waals surface area (Å²) in [6.45, 7) is 2.85. The Labute approximate surface area is 155 Å². The number of ether oxygens (including phenoxy) is 2. The van der Waals surface area contributed by atoms with Crippen molar-refractivity contribution in [3.63, 3.8) is 0 Å². The number of hydrogen-bond donors (Lipinski definition) is 0. The van der Waals surface area contributed by atoms with Crippen molar-refractivity contribution >= 4 is 0 Å². The maximum Gasteiger partial charge on any atom is 0.226 e. The molecule has 0 N–H and O–H groups in total. The molecule has 5 heteroatoms. The minimum absolute atomic E-state index is 0.640. The molecule has 1 heterocycles. The van der Waals surface area contributed by atoms with Gasteiger partial charge in [0.1, 0.15) is 5.76 Å². The summed E-state index contributed by atoms with van der Waals surface area (Å²) >= 11 is 0. The molecule has 0 saturated heterocycles. The number of aromatic nitrogens is 1. The molecule has 2 saturated carbocycles. The second-order valence-corrected chi connectivity index (χ2v) is 7.67. The van der Waals surface area contributed by atoms with E-state index >= 15 is 0 Å². The standard InChI is InChI=1S/C21H28N2O3/c1-13-17(12-23(2)20(14-5-6-14)15-7-8-15)22-21(26-13)16-9-10-18(24-3)19(11-16)25-4/h9-11,14-15,20H,5-8,12H2,1-4H3. The van der Waals surface area contributed by atoms with E-state index in [2.05, 4.69) is 11.9 Å². The van der Waals surface area contributed by atoms with Gasteiger partial charge in [0.25, 0.3) is 0 Å². The third-order valence-electron chi connectivity index (χ3n) is 5.64. The Morgan fingerprint density at radius 1 is 1.12 bits per heavy atom. The minimum Gasteiger partial charge on any atom is -0.493 e. The van der Waals surface area contributed by atoms with Gasteiger partial charge in [0.2, 0.25) is 5.89 Å². The zero-order valence-electron chi connectivity index (χ0n) is 16.1. The third kappa shape index (κ3) is 3.45. The maximum absolute atomic E-state index is 5.97. The molecule has 0 atom stereocenters. The Morgan fingerprint density at radius 2 is 1.77 bits per heavy atom. The fourth-order valence-corrected chi connectivity index (χ4v) is 3.99.